The van der Waals surface area contributed by atoms with E-state index in [-0.39, 0.29) is 11.9 Å². The molecule has 4 heterocycles. The zero-order valence-corrected chi connectivity index (χ0v) is 17.9. The summed E-state index contributed by atoms with van der Waals surface area (Å²) in [4.78, 5) is 23.0. The Morgan fingerprint density at radius 2 is 2.03 bits per heavy atom. The smallest absolute Gasteiger partial charge is 0.303 e. The van der Waals surface area contributed by atoms with Crippen molar-refractivity contribution < 1.29 is 13.6 Å². The van der Waals surface area contributed by atoms with Gasteiger partial charge >= 0.3 is 5.92 Å². The number of alkyl halides is 2. The quantitative estimate of drug-likeness (QED) is 0.604. The molecule has 0 spiro atoms. The van der Waals surface area contributed by atoms with Gasteiger partial charge in [0, 0.05) is 57.6 Å². The number of aromatic nitrogens is 5. The molecule has 0 saturated carbocycles. The molecule has 0 bridgehead atoms. The summed E-state index contributed by atoms with van der Waals surface area (Å²) in [6.45, 7) is 5.75. The number of carbonyl (C=O) groups is 1. The molecule has 1 saturated heterocycles. The second-order valence-corrected chi connectivity index (χ2v) is 7.48. The summed E-state index contributed by atoms with van der Waals surface area (Å²) in [5.74, 6) is -1.73. The van der Waals surface area contributed by atoms with Crippen LogP contribution in [0.25, 0.3) is 16.7 Å². The van der Waals surface area contributed by atoms with E-state index in [9.17, 15) is 8.78 Å². The molecule has 2 atom stereocenters. The highest BCUT2D eigenvalue weighted by Crippen LogP contribution is 2.32. The van der Waals surface area contributed by atoms with Gasteiger partial charge in [-0.15, -0.1) is 5.10 Å². The first-order valence-corrected chi connectivity index (χ1v) is 9.88. The maximum Gasteiger partial charge on any atom is 0.303 e. The van der Waals surface area contributed by atoms with Gasteiger partial charge in [0.2, 0.25) is 5.82 Å². The Hall–Kier alpha value is -3.21. The van der Waals surface area contributed by atoms with Crippen LogP contribution < -0.4 is 16.0 Å². The Morgan fingerprint density at radius 1 is 1.32 bits per heavy atom. The number of nitrogens with one attached hydrogen (secondary N) is 1. The van der Waals surface area contributed by atoms with E-state index in [1.165, 1.54) is 13.1 Å². The summed E-state index contributed by atoms with van der Waals surface area (Å²) in [6.07, 6.45) is 3.79. The highest BCUT2D eigenvalue weighted by Gasteiger charge is 2.31. The van der Waals surface area contributed by atoms with Crippen molar-refractivity contribution in [3.8, 4) is 5.82 Å². The fourth-order valence-electron chi connectivity index (χ4n) is 3.38. The number of carbonyl (C=O) groups excluding carboxylic acids is 1. The SMILES string of the molecule is CC=O.CNc1cc2c(cn1)c(N1CC(C)C(N)C1)nn2-c1ccnc(C(C)(F)F)n1. The largest absolute Gasteiger partial charge is 0.373 e. The molecule has 0 amide bonds. The summed E-state index contributed by atoms with van der Waals surface area (Å²) in [6, 6.07) is 3.43. The van der Waals surface area contributed by atoms with Crippen LogP contribution in [0.3, 0.4) is 0 Å². The highest BCUT2D eigenvalue weighted by atomic mass is 19.3. The Bertz CT molecular complexity index is 1060. The minimum absolute atomic E-state index is 0.0502. The number of pyridine rings is 1. The van der Waals surface area contributed by atoms with Crippen LogP contribution in [-0.4, -0.2) is 57.2 Å². The molecule has 4 rings (SSSR count). The van der Waals surface area contributed by atoms with Crippen LogP contribution in [0.5, 0.6) is 0 Å². The molecule has 3 aromatic heterocycles. The lowest BCUT2D eigenvalue weighted by molar-refractivity contribution is -0.106. The van der Waals surface area contributed by atoms with Gasteiger partial charge in [-0.1, -0.05) is 6.92 Å². The zero-order valence-electron chi connectivity index (χ0n) is 17.9. The second-order valence-electron chi connectivity index (χ2n) is 7.48. The van der Waals surface area contributed by atoms with Gasteiger partial charge in [0.15, 0.2) is 11.6 Å². The lowest BCUT2D eigenvalue weighted by Gasteiger charge is -2.15. The summed E-state index contributed by atoms with van der Waals surface area (Å²) >= 11 is 0. The lowest BCUT2D eigenvalue weighted by atomic mass is 10.1. The molecule has 31 heavy (non-hydrogen) atoms. The van der Waals surface area contributed by atoms with Gasteiger partial charge in [0.25, 0.3) is 0 Å². The van der Waals surface area contributed by atoms with E-state index < -0.39 is 11.7 Å². The molecule has 1 aliphatic heterocycles. The van der Waals surface area contributed by atoms with Gasteiger partial charge in [-0.3, -0.25) is 0 Å². The third-order valence-electron chi connectivity index (χ3n) is 5.02. The van der Waals surface area contributed by atoms with Crippen LogP contribution in [0, 0.1) is 5.92 Å². The molecular formula is C20H26F2N8O. The summed E-state index contributed by atoms with van der Waals surface area (Å²) in [5.41, 5.74) is 6.89. The van der Waals surface area contributed by atoms with Crippen molar-refractivity contribution in [2.75, 3.05) is 30.4 Å². The van der Waals surface area contributed by atoms with Crippen LogP contribution >= 0.6 is 0 Å². The highest BCUT2D eigenvalue weighted by molar-refractivity contribution is 5.92. The van der Waals surface area contributed by atoms with E-state index in [2.05, 4.69) is 32.1 Å². The molecular weight excluding hydrogens is 406 g/mol. The monoisotopic (exact) mass is 432 g/mol. The van der Waals surface area contributed by atoms with Gasteiger partial charge in [0.1, 0.15) is 12.1 Å². The van der Waals surface area contributed by atoms with Crippen molar-refractivity contribution in [1.29, 1.82) is 0 Å². The number of aldehydes is 1. The molecule has 1 fully saturated rings. The average molecular weight is 432 g/mol. The Labute approximate surface area is 178 Å². The van der Waals surface area contributed by atoms with E-state index in [1.54, 1.807) is 24.0 Å². The molecule has 9 nitrogen and oxygen atoms in total. The van der Waals surface area contributed by atoms with Crippen molar-refractivity contribution >= 4 is 28.8 Å². The number of hydrogen-bond acceptors (Lipinski definition) is 8. The van der Waals surface area contributed by atoms with E-state index in [4.69, 9.17) is 15.6 Å². The number of anilines is 2. The van der Waals surface area contributed by atoms with Crippen LogP contribution in [0.2, 0.25) is 0 Å². The third kappa shape index (κ3) is 4.61. The Morgan fingerprint density at radius 3 is 2.61 bits per heavy atom. The van der Waals surface area contributed by atoms with Crippen molar-refractivity contribution in [2.45, 2.75) is 32.7 Å². The maximum atomic E-state index is 13.7. The van der Waals surface area contributed by atoms with E-state index in [0.29, 0.717) is 29.6 Å². The van der Waals surface area contributed by atoms with Crippen LogP contribution in [-0.2, 0) is 10.7 Å². The van der Waals surface area contributed by atoms with Crippen molar-refractivity contribution in [3.63, 3.8) is 0 Å². The fourth-order valence-corrected chi connectivity index (χ4v) is 3.38. The van der Waals surface area contributed by atoms with Gasteiger partial charge in [-0.2, -0.15) is 8.78 Å². The second kappa shape index (κ2) is 8.88. The number of rotatable bonds is 4. The van der Waals surface area contributed by atoms with Crippen molar-refractivity contribution in [2.24, 2.45) is 11.7 Å². The molecule has 3 N–H and O–H groups in total. The Kier molecular flexibility index (Phi) is 6.44. The van der Waals surface area contributed by atoms with Crippen molar-refractivity contribution in [1.82, 2.24) is 24.7 Å². The molecule has 2 unspecified atom stereocenters. The van der Waals surface area contributed by atoms with E-state index in [0.717, 1.165) is 25.1 Å². The normalized spacial score (nSPS) is 18.6. The zero-order chi connectivity index (χ0) is 22.8. The standard InChI is InChI=1S/C18H22F2N8.C2H4O/c1-10-8-27(9-12(10)21)16-11-7-24-14(22-3)6-13(11)28(26-16)15-4-5-23-17(25-15)18(2,19)20;1-2-3/h4-7,10,12H,8-9,21H2,1-3H3,(H,22,24);2H,1H3. The summed E-state index contributed by atoms with van der Waals surface area (Å²) in [5, 5.41) is 8.49. The van der Waals surface area contributed by atoms with Gasteiger partial charge in [0.05, 0.1) is 10.9 Å². The molecule has 0 radical (unpaired) electrons. The minimum atomic E-state index is -3.14. The molecule has 11 heteroatoms. The van der Waals surface area contributed by atoms with Gasteiger partial charge in [-0.05, 0) is 12.8 Å². The predicted octanol–water partition coefficient (Wildman–Crippen LogP) is 2.35. The Balaban J connectivity index is 0.000000858. The number of nitrogens with zero attached hydrogens (tertiary/aromatic N) is 6. The first kappa shape index (κ1) is 22.5. The van der Waals surface area contributed by atoms with Gasteiger partial charge in [-0.25, -0.2) is 19.6 Å². The first-order valence-electron chi connectivity index (χ1n) is 9.88. The fraction of sp³-hybridized carbons (Fsp3) is 0.450. The number of fused-ring (bicyclic) bond motifs is 1. The molecule has 0 aromatic carbocycles. The average Bonchev–Trinajstić information content (AvgIpc) is 3.27. The third-order valence-corrected chi connectivity index (χ3v) is 5.02. The molecule has 1 aliphatic rings. The van der Waals surface area contributed by atoms with Crippen LogP contribution in [0.1, 0.15) is 26.6 Å². The predicted molar refractivity (Wildman–Crippen MR) is 115 cm³/mol. The molecule has 3 aromatic rings. The molecule has 166 valence electrons. The van der Waals surface area contributed by atoms with Crippen molar-refractivity contribution in [3.05, 3.63) is 30.4 Å². The van der Waals surface area contributed by atoms with Gasteiger partial charge < -0.3 is 20.7 Å². The number of hydrogen-bond donors (Lipinski definition) is 2. The van der Waals surface area contributed by atoms with E-state index >= 15 is 0 Å². The first-order chi connectivity index (χ1) is 14.7. The summed E-state index contributed by atoms with van der Waals surface area (Å²) in [7, 11) is 1.76. The number of nitrogens with two attached hydrogens (primary N) is 1. The number of halogens is 2. The van der Waals surface area contributed by atoms with Crippen LogP contribution in [0.15, 0.2) is 24.5 Å². The molecule has 0 aliphatic carbocycles. The maximum absolute atomic E-state index is 13.7. The topological polar surface area (TPSA) is 115 Å². The minimum Gasteiger partial charge on any atom is -0.373 e. The summed E-state index contributed by atoms with van der Waals surface area (Å²) < 4.78 is 29.0. The van der Waals surface area contributed by atoms with E-state index in [1.807, 2.05) is 6.07 Å². The lowest BCUT2D eigenvalue weighted by Crippen LogP contribution is -2.28. The van der Waals surface area contributed by atoms with Crippen LogP contribution in [0.4, 0.5) is 20.4 Å².